The maximum atomic E-state index is 12.5. The summed E-state index contributed by atoms with van der Waals surface area (Å²) in [6.07, 6.45) is 0. The smallest absolute Gasteiger partial charge is 0.254 e. The summed E-state index contributed by atoms with van der Waals surface area (Å²) in [4.78, 5) is 14.5. The molecule has 1 atom stereocenters. The van der Waals surface area contributed by atoms with Crippen LogP contribution >= 0.6 is 12.4 Å². The Bertz CT molecular complexity index is 647. The van der Waals surface area contributed by atoms with Gasteiger partial charge in [-0.1, -0.05) is 13.8 Å². The largest absolute Gasteiger partial charge is 0.333 e. The molecule has 6 nitrogen and oxygen atoms in total. The first kappa shape index (κ1) is 20.9. The van der Waals surface area contributed by atoms with Crippen LogP contribution in [0.3, 0.4) is 0 Å². The summed E-state index contributed by atoms with van der Waals surface area (Å²) in [5, 5.41) is 3.24. The first-order chi connectivity index (χ1) is 10.8. The van der Waals surface area contributed by atoms with Gasteiger partial charge < -0.3 is 10.2 Å². The number of sulfonamides is 1. The highest BCUT2D eigenvalue weighted by atomic mass is 35.5. The van der Waals surface area contributed by atoms with E-state index in [0.29, 0.717) is 18.7 Å². The molecule has 0 saturated carbocycles. The van der Waals surface area contributed by atoms with E-state index < -0.39 is 10.0 Å². The van der Waals surface area contributed by atoms with Gasteiger partial charge in [-0.25, -0.2) is 13.1 Å². The van der Waals surface area contributed by atoms with Crippen LogP contribution in [0, 0.1) is 5.92 Å². The molecule has 2 N–H and O–H groups in total. The topological polar surface area (TPSA) is 78.5 Å². The number of nitrogens with zero attached hydrogens (tertiary/aromatic N) is 1. The zero-order valence-corrected chi connectivity index (χ0v) is 15.9. The molecule has 2 rings (SSSR count). The van der Waals surface area contributed by atoms with Gasteiger partial charge in [0.25, 0.3) is 5.91 Å². The standard InChI is InChI=1S/C16H25N3O3S.ClH/c1-12(2)10-18-23(21,22)15-6-4-14(5-7-15)16(20)19-9-8-17-11-13(19)3;/h4-7,12-13,17-18H,8-11H2,1-3H3;1H. The molecule has 24 heavy (non-hydrogen) atoms. The Balaban J connectivity index is 0.00000288. The van der Waals surface area contributed by atoms with E-state index in [-0.39, 0.29) is 35.2 Å². The number of carbonyl (C=O) groups is 1. The van der Waals surface area contributed by atoms with Crippen molar-refractivity contribution in [1.82, 2.24) is 14.9 Å². The SMILES string of the molecule is CC(C)CNS(=O)(=O)c1ccc(C(=O)N2CCNCC2C)cc1.Cl. The van der Waals surface area contributed by atoms with Crippen LogP contribution in [0.25, 0.3) is 0 Å². The molecule has 1 fully saturated rings. The van der Waals surface area contributed by atoms with Crippen molar-refractivity contribution in [3.63, 3.8) is 0 Å². The zero-order chi connectivity index (χ0) is 17.0. The summed E-state index contributed by atoms with van der Waals surface area (Å²) in [5.74, 6) is 0.179. The van der Waals surface area contributed by atoms with Crippen LogP contribution in [-0.4, -0.2) is 51.4 Å². The van der Waals surface area contributed by atoms with Crippen molar-refractivity contribution in [2.75, 3.05) is 26.2 Å². The van der Waals surface area contributed by atoms with Crippen LogP contribution in [0.2, 0.25) is 0 Å². The van der Waals surface area contributed by atoms with E-state index in [1.807, 2.05) is 25.7 Å². The minimum atomic E-state index is -3.52. The van der Waals surface area contributed by atoms with Crippen molar-refractivity contribution >= 4 is 28.3 Å². The van der Waals surface area contributed by atoms with Gasteiger partial charge in [-0.2, -0.15) is 0 Å². The number of benzene rings is 1. The van der Waals surface area contributed by atoms with Crippen molar-refractivity contribution in [1.29, 1.82) is 0 Å². The summed E-state index contributed by atoms with van der Waals surface area (Å²) in [5.41, 5.74) is 0.515. The molecule has 8 heteroatoms. The second-order valence-electron chi connectivity index (χ2n) is 6.32. The molecule has 1 unspecified atom stereocenters. The molecular weight excluding hydrogens is 350 g/mol. The fourth-order valence-electron chi connectivity index (χ4n) is 2.44. The normalized spacial score (nSPS) is 18.3. The van der Waals surface area contributed by atoms with Crippen molar-refractivity contribution in [3.8, 4) is 0 Å². The zero-order valence-electron chi connectivity index (χ0n) is 14.3. The second kappa shape index (κ2) is 8.80. The molecule has 1 aliphatic heterocycles. The fraction of sp³-hybridized carbons (Fsp3) is 0.562. The summed E-state index contributed by atoms with van der Waals surface area (Å²) in [7, 11) is -3.52. The second-order valence-corrected chi connectivity index (χ2v) is 8.09. The number of rotatable bonds is 5. The lowest BCUT2D eigenvalue weighted by molar-refractivity contribution is 0.0655. The third-order valence-electron chi connectivity index (χ3n) is 3.86. The average molecular weight is 376 g/mol. The molecule has 0 aliphatic carbocycles. The van der Waals surface area contributed by atoms with Crippen LogP contribution < -0.4 is 10.0 Å². The van der Waals surface area contributed by atoms with E-state index in [0.717, 1.165) is 13.1 Å². The quantitative estimate of drug-likeness (QED) is 0.817. The van der Waals surface area contributed by atoms with Gasteiger partial charge in [0.1, 0.15) is 0 Å². The van der Waals surface area contributed by atoms with Gasteiger partial charge in [-0.15, -0.1) is 12.4 Å². The van der Waals surface area contributed by atoms with Crippen molar-refractivity contribution < 1.29 is 13.2 Å². The molecule has 1 aromatic rings. The third kappa shape index (κ3) is 5.17. The molecule has 136 valence electrons. The Morgan fingerprint density at radius 2 is 1.96 bits per heavy atom. The number of carbonyl (C=O) groups excluding carboxylic acids is 1. The van der Waals surface area contributed by atoms with Gasteiger partial charge in [0.2, 0.25) is 10.0 Å². The Hall–Kier alpha value is -1.15. The summed E-state index contributed by atoms with van der Waals surface area (Å²) in [6, 6.07) is 6.28. The van der Waals surface area contributed by atoms with E-state index in [4.69, 9.17) is 0 Å². The maximum absolute atomic E-state index is 12.5. The predicted octanol–water partition coefficient (Wildman–Crippen LogP) is 1.48. The molecule has 0 spiro atoms. The van der Waals surface area contributed by atoms with Crippen molar-refractivity contribution in [2.45, 2.75) is 31.7 Å². The Kier molecular flexibility index (Phi) is 7.66. The average Bonchev–Trinajstić information content (AvgIpc) is 2.53. The van der Waals surface area contributed by atoms with E-state index in [2.05, 4.69) is 10.0 Å². The molecular formula is C16H26ClN3O3S. The van der Waals surface area contributed by atoms with Gasteiger partial charge in [-0.05, 0) is 37.1 Å². The lowest BCUT2D eigenvalue weighted by Crippen LogP contribution is -2.52. The summed E-state index contributed by atoms with van der Waals surface area (Å²) in [6.45, 7) is 8.49. The first-order valence-electron chi connectivity index (χ1n) is 7.92. The molecule has 1 aliphatic rings. The Labute approximate surface area is 150 Å². The van der Waals surface area contributed by atoms with Crippen LogP contribution in [0.15, 0.2) is 29.2 Å². The molecule has 0 radical (unpaired) electrons. The van der Waals surface area contributed by atoms with Gasteiger partial charge in [0, 0.05) is 37.8 Å². The summed E-state index contributed by atoms with van der Waals surface area (Å²) < 4.78 is 26.9. The van der Waals surface area contributed by atoms with Crippen LogP contribution in [-0.2, 0) is 10.0 Å². The van der Waals surface area contributed by atoms with Gasteiger partial charge in [0.15, 0.2) is 0 Å². The van der Waals surface area contributed by atoms with Gasteiger partial charge in [-0.3, -0.25) is 4.79 Å². The Morgan fingerprint density at radius 3 is 2.50 bits per heavy atom. The number of halogens is 1. The highest BCUT2D eigenvalue weighted by Crippen LogP contribution is 2.14. The minimum absolute atomic E-state index is 0. The Morgan fingerprint density at radius 1 is 1.33 bits per heavy atom. The van der Waals surface area contributed by atoms with Gasteiger partial charge in [0.05, 0.1) is 4.90 Å². The van der Waals surface area contributed by atoms with E-state index in [9.17, 15) is 13.2 Å². The molecule has 0 aromatic heterocycles. The predicted molar refractivity (Wildman–Crippen MR) is 97.1 cm³/mol. The first-order valence-corrected chi connectivity index (χ1v) is 9.41. The molecule has 0 bridgehead atoms. The number of piperazine rings is 1. The minimum Gasteiger partial charge on any atom is -0.333 e. The molecule has 1 saturated heterocycles. The number of hydrogen-bond donors (Lipinski definition) is 2. The number of amides is 1. The lowest BCUT2D eigenvalue weighted by Gasteiger charge is -2.34. The number of nitrogens with one attached hydrogen (secondary N) is 2. The molecule has 1 heterocycles. The molecule has 1 aromatic carbocycles. The van der Waals surface area contributed by atoms with Crippen molar-refractivity contribution in [3.05, 3.63) is 29.8 Å². The van der Waals surface area contributed by atoms with Crippen molar-refractivity contribution in [2.24, 2.45) is 5.92 Å². The van der Waals surface area contributed by atoms with E-state index >= 15 is 0 Å². The fourth-order valence-corrected chi connectivity index (χ4v) is 3.66. The molecule has 1 amide bonds. The van der Waals surface area contributed by atoms with E-state index in [1.54, 1.807) is 12.1 Å². The number of hydrogen-bond acceptors (Lipinski definition) is 4. The van der Waals surface area contributed by atoms with Crippen LogP contribution in [0.1, 0.15) is 31.1 Å². The van der Waals surface area contributed by atoms with Crippen LogP contribution in [0.5, 0.6) is 0 Å². The maximum Gasteiger partial charge on any atom is 0.254 e. The lowest BCUT2D eigenvalue weighted by atomic mass is 10.1. The highest BCUT2D eigenvalue weighted by Gasteiger charge is 2.24. The summed E-state index contributed by atoms with van der Waals surface area (Å²) >= 11 is 0. The highest BCUT2D eigenvalue weighted by molar-refractivity contribution is 7.89. The van der Waals surface area contributed by atoms with Crippen LogP contribution in [0.4, 0.5) is 0 Å². The van der Waals surface area contributed by atoms with Gasteiger partial charge >= 0.3 is 0 Å². The van der Waals surface area contributed by atoms with E-state index in [1.165, 1.54) is 12.1 Å². The third-order valence-corrected chi connectivity index (χ3v) is 5.29. The monoisotopic (exact) mass is 375 g/mol.